The molecule has 1 aromatic rings. The minimum atomic E-state index is -1.24. The lowest BCUT2D eigenvalue weighted by Crippen LogP contribution is -2.59. The molecule has 0 atom stereocenters. The lowest BCUT2D eigenvalue weighted by atomic mass is 9.88. The molecule has 0 spiro atoms. The summed E-state index contributed by atoms with van der Waals surface area (Å²) in [4.78, 5) is 40.4. The fourth-order valence-electron chi connectivity index (χ4n) is 3.05. The summed E-state index contributed by atoms with van der Waals surface area (Å²) < 4.78 is 15.2. The first-order valence-corrected chi connectivity index (χ1v) is 8.40. The molecule has 0 unspecified atom stereocenters. The van der Waals surface area contributed by atoms with Gasteiger partial charge in [-0.2, -0.15) is 0 Å². The van der Waals surface area contributed by atoms with E-state index in [2.05, 4.69) is 0 Å². The van der Waals surface area contributed by atoms with Crippen LogP contribution in [0.25, 0.3) is 0 Å². The van der Waals surface area contributed by atoms with Gasteiger partial charge in [0.1, 0.15) is 11.6 Å². The number of nitrogens with zero attached hydrogens (tertiary/aromatic N) is 2. The second-order valence-corrected chi connectivity index (χ2v) is 6.21. The van der Waals surface area contributed by atoms with Gasteiger partial charge >= 0.3 is 18.2 Å². The SMILES string of the molecule is CCOC(=O)N1c2ccccc2N(C(=O)OCC)C1C(C)(C)C(=O)OC. The molecule has 0 N–H and O–H groups in total. The largest absolute Gasteiger partial charge is 0.468 e. The van der Waals surface area contributed by atoms with Crippen LogP contribution in [0.2, 0.25) is 0 Å². The van der Waals surface area contributed by atoms with Crippen molar-refractivity contribution in [3.05, 3.63) is 24.3 Å². The highest BCUT2D eigenvalue weighted by atomic mass is 16.6. The standard InChI is InChI=1S/C18H24N2O6/c1-6-25-16(22)19-12-10-8-9-11-13(12)20(17(23)26-7-2)14(19)18(3,4)15(21)24-5/h8-11,14H,6-7H2,1-5H3. The molecule has 0 bridgehead atoms. The van der Waals surface area contributed by atoms with Gasteiger partial charge in [-0.1, -0.05) is 12.1 Å². The van der Waals surface area contributed by atoms with Crippen molar-refractivity contribution in [2.24, 2.45) is 5.41 Å². The average molecular weight is 364 g/mol. The number of benzene rings is 1. The zero-order valence-electron chi connectivity index (χ0n) is 15.6. The number of para-hydroxylation sites is 2. The van der Waals surface area contributed by atoms with Crippen LogP contribution in [0.5, 0.6) is 0 Å². The molecule has 2 amide bonds. The zero-order chi connectivity index (χ0) is 19.5. The number of hydrogen-bond acceptors (Lipinski definition) is 6. The molecule has 2 rings (SSSR count). The maximum Gasteiger partial charge on any atom is 0.416 e. The number of carbonyl (C=O) groups is 3. The van der Waals surface area contributed by atoms with Crippen molar-refractivity contribution in [3.63, 3.8) is 0 Å². The molecule has 1 aromatic carbocycles. The smallest absolute Gasteiger partial charge is 0.416 e. The highest BCUT2D eigenvalue weighted by molar-refractivity contribution is 6.06. The van der Waals surface area contributed by atoms with E-state index in [0.29, 0.717) is 11.4 Å². The Labute approximate surface area is 152 Å². The summed E-state index contributed by atoms with van der Waals surface area (Å²) in [7, 11) is 1.26. The molecule has 1 aliphatic rings. The van der Waals surface area contributed by atoms with Gasteiger partial charge in [-0.15, -0.1) is 0 Å². The second-order valence-electron chi connectivity index (χ2n) is 6.21. The molecule has 26 heavy (non-hydrogen) atoms. The van der Waals surface area contributed by atoms with Crippen LogP contribution in [-0.2, 0) is 19.0 Å². The van der Waals surface area contributed by atoms with Crippen LogP contribution in [0.1, 0.15) is 27.7 Å². The van der Waals surface area contributed by atoms with Crippen LogP contribution in [0.15, 0.2) is 24.3 Å². The fraction of sp³-hybridized carbons (Fsp3) is 0.500. The average Bonchev–Trinajstić information content (AvgIpc) is 2.97. The van der Waals surface area contributed by atoms with Gasteiger partial charge < -0.3 is 14.2 Å². The van der Waals surface area contributed by atoms with E-state index in [1.807, 2.05) is 0 Å². The van der Waals surface area contributed by atoms with Crippen LogP contribution in [0.4, 0.5) is 21.0 Å². The van der Waals surface area contributed by atoms with Gasteiger partial charge in [-0.25, -0.2) is 9.59 Å². The van der Waals surface area contributed by atoms with Crippen LogP contribution >= 0.6 is 0 Å². The highest BCUT2D eigenvalue weighted by Crippen LogP contribution is 2.46. The first-order valence-electron chi connectivity index (χ1n) is 8.40. The van der Waals surface area contributed by atoms with Crippen LogP contribution < -0.4 is 9.80 Å². The number of carbonyl (C=O) groups excluding carboxylic acids is 3. The number of fused-ring (bicyclic) bond motifs is 1. The predicted octanol–water partition coefficient (Wildman–Crippen LogP) is 3.15. The van der Waals surface area contributed by atoms with Gasteiger partial charge in [0, 0.05) is 0 Å². The lowest BCUT2D eigenvalue weighted by molar-refractivity contribution is -0.151. The normalized spacial score (nSPS) is 14.0. The molecular formula is C18H24N2O6. The minimum absolute atomic E-state index is 0.155. The Hall–Kier alpha value is -2.77. The van der Waals surface area contributed by atoms with Gasteiger partial charge in [0.25, 0.3) is 0 Å². The summed E-state index contributed by atoms with van der Waals surface area (Å²) in [6.45, 7) is 6.89. The Balaban J connectivity index is 2.65. The Morgan fingerprint density at radius 1 is 0.962 bits per heavy atom. The van der Waals surface area contributed by atoms with Crippen LogP contribution in [-0.4, -0.2) is 44.6 Å². The van der Waals surface area contributed by atoms with Crippen molar-refractivity contribution in [1.29, 1.82) is 0 Å². The second kappa shape index (κ2) is 7.63. The number of methoxy groups -OCH3 is 1. The highest BCUT2D eigenvalue weighted by Gasteiger charge is 2.54. The first kappa shape index (κ1) is 19.6. The molecule has 0 saturated heterocycles. The third-order valence-electron chi connectivity index (χ3n) is 4.18. The molecule has 0 saturated carbocycles. The molecule has 0 aromatic heterocycles. The van der Waals surface area contributed by atoms with Crippen molar-refractivity contribution in [2.45, 2.75) is 33.9 Å². The van der Waals surface area contributed by atoms with Crippen molar-refractivity contribution in [2.75, 3.05) is 30.1 Å². The molecule has 1 heterocycles. The van der Waals surface area contributed by atoms with Gasteiger partial charge in [-0.05, 0) is 39.8 Å². The van der Waals surface area contributed by atoms with Gasteiger partial charge in [0.05, 0.1) is 31.7 Å². The first-order chi connectivity index (χ1) is 12.3. The van der Waals surface area contributed by atoms with Gasteiger partial charge in [0.2, 0.25) is 0 Å². The van der Waals surface area contributed by atoms with Crippen LogP contribution in [0.3, 0.4) is 0 Å². The number of anilines is 2. The molecule has 0 fully saturated rings. The van der Waals surface area contributed by atoms with E-state index in [1.54, 1.807) is 52.0 Å². The Bertz CT molecular complexity index is 658. The van der Waals surface area contributed by atoms with Gasteiger partial charge in [-0.3, -0.25) is 14.6 Å². The molecule has 8 heteroatoms. The minimum Gasteiger partial charge on any atom is -0.468 e. The number of hydrogen-bond donors (Lipinski definition) is 0. The number of ether oxygens (including phenoxy) is 3. The van der Waals surface area contributed by atoms with Crippen molar-refractivity contribution < 1.29 is 28.6 Å². The van der Waals surface area contributed by atoms with Crippen molar-refractivity contribution in [1.82, 2.24) is 0 Å². The summed E-state index contributed by atoms with van der Waals surface area (Å²) in [6, 6.07) is 6.85. The van der Waals surface area contributed by atoms with Gasteiger partial charge in [0.15, 0.2) is 0 Å². The molecule has 0 radical (unpaired) electrons. The van der Waals surface area contributed by atoms with Crippen molar-refractivity contribution in [3.8, 4) is 0 Å². The number of amides is 2. The Kier molecular flexibility index (Phi) is 5.74. The van der Waals surface area contributed by atoms with E-state index in [4.69, 9.17) is 14.2 Å². The third-order valence-corrected chi connectivity index (χ3v) is 4.18. The maximum atomic E-state index is 12.7. The van der Waals surface area contributed by atoms with E-state index in [-0.39, 0.29) is 13.2 Å². The number of esters is 1. The van der Waals surface area contributed by atoms with Crippen LogP contribution in [0, 0.1) is 5.41 Å². The fourth-order valence-corrected chi connectivity index (χ4v) is 3.05. The Morgan fingerprint density at radius 3 is 1.73 bits per heavy atom. The summed E-state index contributed by atoms with van der Waals surface area (Å²) in [5.74, 6) is -0.570. The lowest BCUT2D eigenvalue weighted by Gasteiger charge is -2.38. The Morgan fingerprint density at radius 2 is 1.38 bits per heavy atom. The topological polar surface area (TPSA) is 85.4 Å². The van der Waals surface area contributed by atoms with E-state index >= 15 is 0 Å². The summed E-state index contributed by atoms with van der Waals surface area (Å²) in [5, 5.41) is 0. The van der Waals surface area contributed by atoms with Crippen molar-refractivity contribution >= 4 is 29.5 Å². The molecule has 1 aliphatic heterocycles. The summed E-state index contributed by atoms with van der Waals surface area (Å²) >= 11 is 0. The quantitative estimate of drug-likeness (QED) is 0.603. The molecule has 142 valence electrons. The number of rotatable bonds is 4. The molecular weight excluding hydrogens is 340 g/mol. The summed E-state index contributed by atoms with van der Waals surface area (Å²) in [5.41, 5.74) is -0.324. The molecule has 8 nitrogen and oxygen atoms in total. The van der Waals surface area contributed by atoms with E-state index < -0.39 is 29.7 Å². The zero-order valence-corrected chi connectivity index (χ0v) is 15.6. The summed E-state index contributed by atoms with van der Waals surface area (Å²) in [6.07, 6.45) is -2.31. The predicted molar refractivity (Wildman–Crippen MR) is 95.0 cm³/mol. The van der Waals surface area contributed by atoms with E-state index in [1.165, 1.54) is 16.9 Å². The molecule has 0 aliphatic carbocycles. The van der Waals surface area contributed by atoms with E-state index in [9.17, 15) is 14.4 Å². The third kappa shape index (κ3) is 3.18. The monoisotopic (exact) mass is 364 g/mol. The maximum absolute atomic E-state index is 12.7. The van der Waals surface area contributed by atoms with E-state index in [0.717, 1.165) is 0 Å².